The van der Waals surface area contributed by atoms with E-state index in [2.05, 4.69) is 5.32 Å². The van der Waals surface area contributed by atoms with E-state index in [1.165, 1.54) is 0 Å². The Balaban J connectivity index is 1.96. The predicted molar refractivity (Wildman–Crippen MR) is 84.7 cm³/mol. The number of methoxy groups -OCH3 is 1. The largest absolute Gasteiger partial charge is 0.497 e. The van der Waals surface area contributed by atoms with Crippen molar-refractivity contribution in [3.8, 4) is 5.75 Å². The number of hydrogen-bond acceptors (Lipinski definition) is 2. The lowest BCUT2D eigenvalue weighted by Crippen LogP contribution is -2.30. The summed E-state index contributed by atoms with van der Waals surface area (Å²) < 4.78 is 5.10. The minimum atomic E-state index is -0.168. The zero-order valence-electron chi connectivity index (χ0n) is 11.9. The Hall–Kier alpha value is -2.00. The molecule has 0 aliphatic heterocycles. The van der Waals surface area contributed by atoms with Crippen LogP contribution in [-0.4, -0.2) is 18.9 Å². The minimum absolute atomic E-state index is 0.0466. The van der Waals surface area contributed by atoms with Crippen molar-refractivity contribution >= 4 is 17.5 Å². The van der Waals surface area contributed by atoms with Crippen LogP contribution in [0.15, 0.2) is 54.6 Å². The number of amides is 1. The molecule has 110 valence electrons. The summed E-state index contributed by atoms with van der Waals surface area (Å²) in [5.41, 5.74) is 1.95. The van der Waals surface area contributed by atoms with Crippen LogP contribution in [0.25, 0.3) is 0 Å². The summed E-state index contributed by atoms with van der Waals surface area (Å²) in [4.78, 5) is 12.1. The van der Waals surface area contributed by atoms with Gasteiger partial charge in [-0.05, 0) is 23.3 Å². The van der Waals surface area contributed by atoms with E-state index in [1.54, 1.807) is 7.11 Å². The molecule has 3 nitrogen and oxygen atoms in total. The number of nitrogens with one attached hydrogen (secondary N) is 1. The fourth-order valence-electron chi connectivity index (χ4n) is 2.07. The molecular formula is C17H18ClNO2. The molecule has 0 bridgehead atoms. The number of carbonyl (C=O) groups is 1. The van der Waals surface area contributed by atoms with Crippen LogP contribution in [0.3, 0.4) is 0 Å². The van der Waals surface area contributed by atoms with Crippen LogP contribution < -0.4 is 10.1 Å². The summed E-state index contributed by atoms with van der Waals surface area (Å²) in [6, 6.07) is 17.0. The Bertz CT molecular complexity index is 569. The topological polar surface area (TPSA) is 38.3 Å². The van der Waals surface area contributed by atoms with Crippen LogP contribution in [0.2, 0.25) is 0 Å². The Labute approximate surface area is 129 Å². The standard InChI is InChI=1S/C17H18ClNO2/c1-21-15-9-7-13(8-10-15)11-17(20)19-16(12-18)14-5-3-2-4-6-14/h2-10,16H,11-12H2,1H3,(H,19,20). The van der Waals surface area contributed by atoms with Gasteiger partial charge in [-0.15, -0.1) is 11.6 Å². The first-order chi connectivity index (χ1) is 10.2. The normalized spacial score (nSPS) is 11.7. The highest BCUT2D eigenvalue weighted by atomic mass is 35.5. The van der Waals surface area contributed by atoms with Crippen molar-refractivity contribution in [2.45, 2.75) is 12.5 Å². The first-order valence-electron chi connectivity index (χ1n) is 6.76. The Kier molecular flexibility index (Phi) is 5.64. The highest BCUT2D eigenvalue weighted by Crippen LogP contribution is 2.15. The molecule has 1 unspecified atom stereocenters. The van der Waals surface area contributed by atoms with Gasteiger partial charge in [0, 0.05) is 5.88 Å². The number of halogens is 1. The molecule has 0 radical (unpaired) electrons. The number of ether oxygens (including phenoxy) is 1. The molecule has 1 amide bonds. The molecule has 0 saturated heterocycles. The second kappa shape index (κ2) is 7.70. The molecular weight excluding hydrogens is 286 g/mol. The quantitative estimate of drug-likeness (QED) is 0.831. The molecule has 2 aromatic rings. The van der Waals surface area contributed by atoms with Gasteiger partial charge < -0.3 is 10.1 Å². The van der Waals surface area contributed by atoms with E-state index in [9.17, 15) is 4.79 Å². The maximum absolute atomic E-state index is 12.1. The average molecular weight is 304 g/mol. The maximum atomic E-state index is 12.1. The molecule has 0 spiro atoms. The highest BCUT2D eigenvalue weighted by molar-refractivity contribution is 6.18. The first-order valence-corrected chi connectivity index (χ1v) is 7.29. The van der Waals surface area contributed by atoms with Gasteiger partial charge in [-0.3, -0.25) is 4.79 Å². The summed E-state index contributed by atoms with van der Waals surface area (Å²) in [6.45, 7) is 0. The highest BCUT2D eigenvalue weighted by Gasteiger charge is 2.13. The van der Waals surface area contributed by atoms with E-state index < -0.39 is 0 Å². The fourth-order valence-corrected chi connectivity index (χ4v) is 2.33. The van der Waals surface area contributed by atoms with Crippen molar-refractivity contribution < 1.29 is 9.53 Å². The zero-order valence-corrected chi connectivity index (χ0v) is 12.6. The third kappa shape index (κ3) is 4.50. The molecule has 1 atom stereocenters. The number of carbonyl (C=O) groups excluding carboxylic acids is 1. The maximum Gasteiger partial charge on any atom is 0.224 e. The molecule has 0 heterocycles. The van der Waals surface area contributed by atoms with Crippen LogP contribution in [0, 0.1) is 0 Å². The lowest BCUT2D eigenvalue weighted by molar-refractivity contribution is -0.121. The average Bonchev–Trinajstić information content (AvgIpc) is 2.54. The van der Waals surface area contributed by atoms with Gasteiger partial charge in [0.15, 0.2) is 0 Å². The molecule has 0 aliphatic rings. The predicted octanol–water partition coefficient (Wildman–Crippen LogP) is 3.33. The second-order valence-corrected chi connectivity index (χ2v) is 5.02. The Morgan fingerprint density at radius 1 is 1.14 bits per heavy atom. The number of rotatable bonds is 6. The van der Waals surface area contributed by atoms with Gasteiger partial charge in [-0.25, -0.2) is 0 Å². The fraction of sp³-hybridized carbons (Fsp3) is 0.235. The molecule has 1 N–H and O–H groups in total. The molecule has 2 aromatic carbocycles. The van der Waals surface area contributed by atoms with E-state index >= 15 is 0 Å². The molecule has 0 fully saturated rings. The van der Waals surface area contributed by atoms with Crippen molar-refractivity contribution in [1.29, 1.82) is 0 Å². The van der Waals surface area contributed by atoms with Gasteiger partial charge in [0.2, 0.25) is 5.91 Å². The summed E-state index contributed by atoms with van der Waals surface area (Å²) in [5, 5.41) is 2.96. The van der Waals surface area contributed by atoms with Crippen LogP contribution in [-0.2, 0) is 11.2 Å². The van der Waals surface area contributed by atoms with E-state index in [-0.39, 0.29) is 11.9 Å². The lowest BCUT2D eigenvalue weighted by atomic mass is 10.1. The van der Waals surface area contributed by atoms with Crippen molar-refractivity contribution in [2.75, 3.05) is 13.0 Å². The van der Waals surface area contributed by atoms with E-state index in [4.69, 9.17) is 16.3 Å². The summed E-state index contributed by atoms with van der Waals surface area (Å²) in [6.07, 6.45) is 0.324. The minimum Gasteiger partial charge on any atom is -0.497 e. The molecule has 2 rings (SSSR count). The van der Waals surface area contributed by atoms with E-state index in [0.29, 0.717) is 12.3 Å². The van der Waals surface area contributed by atoms with Gasteiger partial charge in [0.05, 0.1) is 19.6 Å². The Morgan fingerprint density at radius 3 is 2.38 bits per heavy atom. The van der Waals surface area contributed by atoms with Gasteiger partial charge in [-0.1, -0.05) is 42.5 Å². The van der Waals surface area contributed by atoms with Crippen LogP contribution >= 0.6 is 11.6 Å². The lowest BCUT2D eigenvalue weighted by Gasteiger charge is -2.16. The summed E-state index contributed by atoms with van der Waals surface area (Å²) >= 11 is 5.96. The van der Waals surface area contributed by atoms with Gasteiger partial charge >= 0.3 is 0 Å². The molecule has 0 aliphatic carbocycles. The SMILES string of the molecule is COc1ccc(CC(=O)NC(CCl)c2ccccc2)cc1. The number of benzene rings is 2. The third-order valence-electron chi connectivity index (χ3n) is 3.22. The molecule has 0 aromatic heterocycles. The molecule has 0 saturated carbocycles. The third-order valence-corrected chi connectivity index (χ3v) is 3.52. The van der Waals surface area contributed by atoms with Crippen LogP contribution in [0.1, 0.15) is 17.2 Å². The van der Waals surface area contributed by atoms with Crippen LogP contribution in [0.4, 0.5) is 0 Å². The summed E-state index contributed by atoms with van der Waals surface area (Å²) in [5.74, 6) is 1.08. The van der Waals surface area contributed by atoms with Gasteiger partial charge in [-0.2, -0.15) is 0 Å². The van der Waals surface area contributed by atoms with Gasteiger partial charge in [0.1, 0.15) is 5.75 Å². The number of alkyl halides is 1. The Morgan fingerprint density at radius 2 is 1.81 bits per heavy atom. The molecule has 4 heteroatoms. The van der Waals surface area contributed by atoms with Gasteiger partial charge in [0.25, 0.3) is 0 Å². The van der Waals surface area contributed by atoms with E-state index in [1.807, 2.05) is 54.6 Å². The van der Waals surface area contributed by atoms with Crippen LogP contribution in [0.5, 0.6) is 5.75 Å². The first kappa shape index (κ1) is 15.4. The number of hydrogen-bond donors (Lipinski definition) is 1. The van der Waals surface area contributed by atoms with Crippen molar-refractivity contribution in [3.05, 3.63) is 65.7 Å². The van der Waals surface area contributed by atoms with Crippen molar-refractivity contribution in [2.24, 2.45) is 0 Å². The smallest absolute Gasteiger partial charge is 0.224 e. The summed E-state index contributed by atoms with van der Waals surface area (Å²) in [7, 11) is 1.62. The van der Waals surface area contributed by atoms with E-state index in [0.717, 1.165) is 16.9 Å². The van der Waals surface area contributed by atoms with Crippen molar-refractivity contribution in [1.82, 2.24) is 5.32 Å². The monoisotopic (exact) mass is 303 g/mol. The second-order valence-electron chi connectivity index (χ2n) is 4.71. The molecule has 21 heavy (non-hydrogen) atoms. The zero-order chi connectivity index (χ0) is 15.1. The van der Waals surface area contributed by atoms with Crippen molar-refractivity contribution in [3.63, 3.8) is 0 Å².